The van der Waals surface area contributed by atoms with E-state index in [-0.39, 0.29) is 5.41 Å². The Morgan fingerprint density at radius 1 is 0.638 bits per heavy atom. The summed E-state index contributed by atoms with van der Waals surface area (Å²) in [6.45, 7) is 15.0. The summed E-state index contributed by atoms with van der Waals surface area (Å²) in [5.41, 5.74) is 8.99. The lowest BCUT2D eigenvalue weighted by molar-refractivity contribution is 0.591. The van der Waals surface area contributed by atoms with E-state index in [2.05, 4.69) is 101 Å². The van der Waals surface area contributed by atoms with Gasteiger partial charge in [-0.3, -0.25) is 0 Å². The maximum Gasteiger partial charge on any atom is 0.212 e. The van der Waals surface area contributed by atoms with Crippen LogP contribution in [0, 0.1) is 17.9 Å². The van der Waals surface area contributed by atoms with Crippen molar-refractivity contribution in [1.29, 1.82) is 5.26 Å². The summed E-state index contributed by atoms with van der Waals surface area (Å²) in [6, 6.07) is 41.6. The highest BCUT2D eigenvalue weighted by Gasteiger charge is 2.24. The number of furan rings is 1. The Balaban J connectivity index is 1.40. The van der Waals surface area contributed by atoms with E-state index in [0.717, 1.165) is 65.6 Å². The van der Waals surface area contributed by atoms with Crippen molar-refractivity contribution >= 4 is 71.2 Å². The number of fused-ring (bicyclic) bond motifs is 10. The molecule has 222 valence electrons. The fraction of sp³-hybridized carbons (Fsp3) is 0.0952. The van der Waals surface area contributed by atoms with Crippen molar-refractivity contribution in [2.24, 2.45) is 0 Å². The van der Waals surface area contributed by atoms with Gasteiger partial charge >= 0.3 is 0 Å². The standard InChI is InChI=1S/C42H28N4O/c1-42(2,3)26-17-19-35-31(22-26)40-36(20-18-30-29-13-7-10-16-39(29)47-41(30)40)46(35)37-23-32(44-4)38(21-25(37)24-43)45-33-14-8-5-11-27(33)28-12-6-9-15-34(28)45/h5-23H,1-3H3. The molecule has 0 N–H and O–H groups in total. The van der Waals surface area contributed by atoms with E-state index in [0.29, 0.717) is 22.6 Å². The van der Waals surface area contributed by atoms with Crippen molar-refractivity contribution in [2.45, 2.75) is 26.2 Å². The summed E-state index contributed by atoms with van der Waals surface area (Å²) in [5, 5.41) is 17.1. The van der Waals surface area contributed by atoms with Crippen LogP contribution in [0.2, 0.25) is 0 Å². The number of benzene rings is 6. The summed E-state index contributed by atoms with van der Waals surface area (Å²) in [7, 11) is 0. The molecule has 0 atom stereocenters. The first-order valence-corrected chi connectivity index (χ1v) is 15.7. The number of aromatic nitrogens is 2. The highest BCUT2D eigenvalue weighted by atomic mass is 16.3. The van der Waals surface area contributed by atoms with Crippen molar-refractivity contribution in [3.05, 3.63) is 138 Å². The monoisotopic (exact) mass is 604 g/mol. The van der Waals surface area contributed by atoms with Gasteiger partial charge in [0.05, 0.1) is 51.0 Å². The fourth-order valence-electron chi connectivity index (χ4n) is 7.30. The van der Waals surface area contributed by atoms with Crippen LogP contribution >= 0.6 is 0 Å². The van der Waals surface area contributed by atoms with Gasteiger partial charge in [0, 0.05) is 26.9 Å². The van der Waals surface area contributed by atoms with Crippen molar-refractivity contribution in [3.63, 3.8) is 0 Å². The van der Waals surface area contributed by atoms with Crippen molar-refractivity contribution in [2.75, 3.05) is 0 Å². The summed E-state index contributed by atoms with van der Waals surface area (Å²) in [6.07, 6.45) is 0. The highest BCUT2D eigenvalue weighted by Crippen LogP contribution is 2.44. The van der Waals surface area contributed by atoms with Crippen LogP contribution in [-0.2, 0) is 5.41 Å². The zero-order chi connectivity index (χ0) is 32.0. The van der Waals surface area contributed by atoms with E-state index >= 15 is 0 Å². The Labute approximate surface area is 270 Å². The number of nitrogens with zero attached hydrogens (tertiary/aromatic N) is 4. The predicted molar refractivity (Wildman–Crippen MR) is 192 cm³/mol. The quantitative estimate of drug-likeness (QED) is 0.184. The first kappa shape index (κ1) is 27.0. The number of hydrogen-bond acceptors (Lipinski definition) is 2. The van der Waals surface area contributed by atoms with Crippen LogP contribution in [0.4, 0.5) is 5.69 Å². The van der Waals surface area contributed by atoms with Gasteiger partial charge in [0.15, 0.2) is 0 Å². The van der Waals surface area contributed by atoms with Gasteiger partial charge < -0.3 is 13.6 Å². The molecule has 0 aliphatic rings. The summed E-state index contributed by atoms with van der Waals surface area (Å²) in [5.74, 6) is 0. The van der Waals surface area contributed by atoms with Gasteiger partial charge in [-0.1, -0.05) is 81.4 Å². The van der Waals surface area contributed by atoms with Gasteiger partial charge in [0.25, 0.3) is 0 Å². The van der Waals surface area contributed by atoms with E-state index in [4.69, 9.17) is 11.0 Å². The Morgan fingerprint density at radius 3 is 1.94 bits per heavy atom. The molecule has 0 saturated carbocycles. The topological polar surface area (TPSA) is 51.1 Å². The maximum absolute atomic E-state index is 10.7. The third kappa shape index (κ3) is 3.75. The number of para-hydroxylation sites is 3. The number of hydrogen-bond donors (Lipinski definition) is 0. The first-order chi connectivity index (χ1) is 22.9. The molecule has 0 unspecified atom stereocenters. The average Bonchev–Trinajstić information content (AvgIpc) is 3.74. The lowest BCUT2D eigenvalue weighted by atomic mass is 9.86. The van der Waals surface area contributed by atoms with E-state index in [1.54, 1.807) is 0 Å². The molecule has 0 radical (unpaired) electrons. The van der Waals surface area contributed by atoms with Crippen LogP contribution in [0.1, 0.15) is 31.9 Å². The Morgan fingerprint density at radius 2 is 1.26 bits per heavy atom. The van der Waals surface area contributed by atoms with Crippen LogP contribution in [0.15, 0.2) is 120 Å². The second-order valence-electron chi connectivity index (χ2n) is 13.2. The molecule has 3 heterocycles. The third-order valence-corrected chi connectivity index (χ3v) is 9.53. The van der Waals surface area contributed by atoms with Crippen LogP contribution < -0.4 is 0 Å². The SMILES string of the molecule is [C-]#[N+]c1cc(-n2c3ccc(C(C)(C)C)cc3c3c4oc5ccccc5c4ccc32)c(C#N)cc1-n1c2ccccc2c2ccccc21. The molecule has 0 aliphatic carbocycles. The molecule has 5 nitrogen and oxygen atoms in total. The van der Waals surface area contributed by atoms with Crippen LogP contribution in [0.25, 0.3) is 81.8 Å². The highest BCUT2D eigenvalue weighted by molar-refractivity contribution is 6.24. The van der Waals surface area contributed by atoms with Gasteiger partial charge in [-0.25, -0.2) is 4.85 Å². The van der Waals surface area contributed by atoms with Crippen molar-refractivity contribution in [3.8, 4) is 17.4 Å². The summed E-state index contributed by atoms with van der Waals surface area (Å²) >= 11 is 0. The minimum Gasteiger partial charge on any atom is -0.455 e. The van der Waals surface area contributed by atoms with Crippen molar-refractivity contribution in [1.82, 2.24) is 9.13 Å². The Bertz CT molecular complexity index is 2800. The van der Waals surface area contributed by atoms with Gasteiger partial charge in [-0.05, 0) is 65.6 Å². The number of rotatable bonds is 2. The normalized spacial score (nSPS) is 12.1. The van der Waals surface area contributed by atoms with E-state index in [1.807, 2.05) is 54.6 Å². The van der Waals surface area contributed by atoms with Gasteiger partial charge in [-0.15, -0.1) is 0 Å². The smallest absolute Gasteiger partial charge is 0.212 e. The Hall–Kier alpha value is -6.30. The average molecular weight is 605 g/mol. The summed E-state index contributed by atoms with van der Waals surface area (Å²) < 4.78 is 10.8. The second kappa shape index (κ2) is 9.60. The van der Waals surface area contributed by atoms with Gasteiger partial charge in [0.1, 0.15) is 17.2 Å². The third-order valence-electron chi connectivity index (χ3n) is 9.53. The minimum absolute atomic E-state index is 0.0660. The largest absolute Gasteiger partial charge is 0.455 e. The molecule has 6 aromatic carbocycles. The van der Waals surface area contributed by atoms with E-state index in [1.165, 1.54) is 5.56 Å². The Kier molecular flexibility index (Phi) is 5.52. The molecule has 0 spiro atoms. The maximum atomic E-state index is 10.7. The first-order valence-electron chi connectivity index (χ1n) is 15.7. The zero-order valence-corrected chi connectivity index (χ0v) is 26.2. The van der Waals surface area contributed by atoms with Crippen LogP contribution in [0.3, 0.4) is 0 Å². The molecule has 0 aliphatic heterocycles. The zero-order valence-electron chi connectivity index (χ0n) is 26.2. The molecule has 47 heavy (non-hydrogen) atoms. The van der Waals surface area contributed by atoms with Gasteiger partial charge in [-0.2, -0.15) is 5.26 Å². The lowest BCUT2D eigenvalue weighted by Gasteiger charge is -2.19. The molecule has 5 heteroatoms. The lowest BCUT2D eigenvalue weighted by Crippen LogP contribution is -2.10. The van der Waals surface area contributed by atoms with Crippen molar-refractivity contribution < 1.29 is 4.42 Å². The van der Waals surface area contributed by atoms with Crippen LogP contribution in [0.5, 0.6) is 0 Å². The molecular weight excluding hydrogens is 576 g/mol. The number of nitriles is 1. The fourth-order valence-corrected chi connectivity index (χ4v) is 7.30. The van der Waals surface area contributed by atoms with Gasteiger partial charge in [0.2, 0.25) is 5.69 Å². The molecule has 9 rings (SSSR count). The summed E-state index contributed by atoms with van der Waals surface area (Å²) in [4.78, 5) is 4.06. The molecule has 0 bridgehead atoms. The molecule has 0 fully saturated rings. The molecule has 9 aromatic rings. The van der Waals surface area contributed by atoms with E-state index < -0.39 is 0 Å². The van der Waals surface area contributed by atoms with E-state index in [9.17, 15) is 5.26 Å². The molecule has 0 amide bonds. The molecule has 0 saturated heterocycles. The predicted octanol–water partition coefficient (Wildman–Crippen LogP) is 11.5. The molecular formula is C42H28N4O. The molecule has 3 aromatic heterocycles. The van der Waals surface area contributed by atoms with Crippen LogP contribution in [-0.4, -0.2) is 9.13 Å². The second-order valence-corrected chi connectivity index (χ2v) is 13.2. The minimum atomic E-state index is -0.0660.